The molecule has 0 spiro atoms. The minimum absolute atomic E-state index is 0.141. The standard InChI is InChI=1S/C14H14F2N2/c1-10(11-6-12(15)8-13(16)7-11)18-9-14-4-2-3-5-17-14/h2-8,10,18H,9H2,1H3. The highest BCUT2D eigenvalue weighted by Crippen LogP contribution is 2.16. The number of nitrogens with one attached hydrogen (secondary N) is 1. The molecule has 1 aromatic heterocycles. The predicted octanol–water partition coefficient (Wildman–Crippen LogP) is 3.21. The average molecular weight is 248 g/mol. The number of hydrogen-bond acceptors (Lipinski definition) is 2. The Kier molecular flexibility index (Phi) is 3.99. The van der Waals surface area contributed by atoms with Crippen molar-refractivity contribution in [1.82, 2.24) is 10.3 Å². The zero-order valence-corrected chi connectivity index (χ0v) is 10.0. The molecule has 2 aromatic rings. The van der Waals surface area contributed by atoms with Crippen molar-refractivity contribution in [2.75, 3.05) is 0 Å². The number of pyridine rings is 1. The van der Waals surface area contributed by atoms with E-state index in [1.807, 2.05) is 25.1 Å². The molecular weight excluding hydrogens is 234 g/mol. The molecule has 0 aliphatic heterocycles. The van der Waals surface area contributed by atoms with Crippen LogP contribution in [0.2, 0.25) is 0 Å². The first-order valence-electron chi connectivity index (χ1n) is 5.74. The van der Waals surface area contributed by atoms with Gasteiger partial charge in [0.25, 0.3) is 0 Å². The van der Waals surface area contributed by atoms with Crippen molar-refractivity contribution in [3.8, 4) is 0 Å². The number of benzene rings is 1. The molecule has 2 nitrogen and oxygen atoms in total. The molecule has 0 aliphatic carbocycles. The van der Waals surface area contributed by atoms with Crippen LogP contribution in [0.1, 0.15) is 24.2 Å². The Balaban J connectivity index is 2.01. The van der Waals surface area contributed by atoms with Crippen molar-refractivity contribution < 1.29 is 8.78 Å². The lowest BCUT2D eigenvalue weighted by atomic mass is 10.1. The first-order valence-corrected chi connectivity index (χ1v) is 5.74. The van der Waals surface area contributed by atoms with E-state index >= 15 is 0 Å². The Morgan fingerprint density at radius 2 is 1.89 bits per heavy atom. The van der Waals surface area contributed by atoms with Crippen LogP contribution in [0.4, 0.5) is 8.78 Å². The van der Waals surface area contributed by atoms with E-state index in [4.69, 9.17) is 0 Å². The summed E-state index contributed by atoms with van der Waals surface area (Å²) >= 11 is 0. The highest BCUT2D eigenvalue weighted by molar-refractivity contribution is 5.21. The van der Waals surface area contributed by atoms with E-state index in [2.05, 4.69) is 10.3 Å². The maximum absolute atomic E-state index is 13.1. The van der Waals surface area contributed by atoms with Gasteiger partial charge in [0.1, 0.15) is 11.6 Å². The first kappa shape index (κ1) is 12.6. The highest BCUT2D eigenvalue weighted by Gasteiger charge is 2.08. The second kappa shape index (κ2) is 5.69. The van der Waals surface area contributed by atoms with Gasteiger partial charge in [-0.05, 0) is 36.8 Å². The summed E-state index contributed by atoms with van der Waals surface area (Å²) in [5.41, 5.74) is 1.48. The number of rotatable bonds is 4. The molecule has 0 fully saturated rings. The molecule has 0 radical (unpaired) electrons. The van der Waals surface area contributed by atoms with E-state index in [0.29, 0.717) is 12.1 Å². The Morgan fingerprint density at radius 3 is 2.50 bits per heavy atom. The van der Waals surface area contributed by atoms with Crippen molar-refractivity contribution in [2.24, 2.45) is 0 Å². The van der Waals surface area contributed by atoms with Gasteiger partial charge in [-0.25, -0.2) is 8.78 Å². The van der Waals surface area contributed by atoms with Crippen molar-refractivity contribution in [3.05, 3.63) is 65.5 Å². The van der Waals surface area contributed by atoms with Crippen molar-refractivity contribution in [1.29, 1.82) is 0 Å². The second-order valence-electron chi connectivity index (χ2n) is 4.13. The van der Waals surface area contributed by atoms with Crippen LogP contribution in [0, 0.1) is 11.6 Å². The molecule has 1 N–H and O–H groups in total. The molecule has 2 rings (SSSR count). The minimum atomic E-state index is -0.559. The fourth-order valence-corrected chi connectivity index (χ4v) is 1.70. The molecule has 1 atom stereocenters. The molecule has 1 aromatic carbocycles. The van der Waals surface area contributed by atoms with Gasteiger partial charge in [0.15, 0.2) is 0 Å². The molecule has 1 heterocycles. The monoisotopic (exact) mass is 248 g/mol. The van der Waals surface area contributed by atoms with Gasteiger partial charge < -0.3 is 5.32 Å². The topological polar surface area (TPSA) is 24.9 Å². The van der Waals surface area contributed by atoms with Crippen LogP contribution in [-0.2, 0) is 6.54 Å². The average Bonchev–Trinajstić information content (AvgIpc) is 2.36. The summed E-state index contributed by atoms with van der Waals surface area (Å²) in [7, 11) is 0. The Bertz CT molecular complexity index is 494. The molecule has 0 aliphatic rings. The molecule has 4 heteroatoms. The lowest BCUT2D eigenvalue weighted by Crippen LogP contribution is -2.19. The largest absolute Gasteiger partial charge is 0.305 e. The van der Waals surface area contributed by atoms with Crippen LogP contribution >= 0.6 is 0 Å². The van der Waals surface area contributed by atoms with Gasteiger partial charge in [-0.2, -0.15) is 0 Å². The summed E-state index contributed by atoms with van der Waals surface area (Å²) in [6.45, 7) is 2.41. The number of halogens is 2. The summed E-state index contributed by atoms with van der Waals surface area (Å²) in [6.07, 6.45) is 1.71. The van der Waals surface area contributed by atoms with Gasteiger partial charge in [0.2, 0.25) is 0 Å². The number of nitrogens with zero attached hydrogens (tertiary/aromatic N) is 1. The Labute approximate surface area is 105 Å². The van der Waals surface area contributed by atoms with Crippen LogP contribution in [0.25, 0.3) is 0 Å². The van der Waals surface area contributed by atoms with E-state index in [0.717, 1.165) is 11.8 Å². The quantitative estimate of drug-likeness (QED) is 0.898. The summed E-state index contributed by atoms with van der Waals surface area (Å²) in [5, 5.41) is 3.17. The lowest BCUT2D eigenvalue weighted by Gasteiger charge is -2.14. The van der Waals surface area contributed by atoms with Gasteiger partial charge in [0, 0.05) is 24.8 Å². The smallest absolute Gasteiger partial charge is 0.126 e. The van der Waals surface area contributed by atoms with E-state index in [1.165, 1.54) is 12.1 Å². The van der Waals surface area contributed by atoms with Crippen molar-refractivity contribution in [3.63, 3.8) is 0 Å². The third kappa shape index (κ3) is 3.34. The number of hydrogen-bond donors (Lipinski definition) is 1. The minimum Gasteiger partial charge on any atom is -0.305 e. The third-order valence-corrected chi connectivity index (χ3v) is 2.70. The van der Waals surface area contributed by atoms with Gasteiger partial charge in [-0.3, -0.25) is 4.98 Å². The third-order valence-electron chi connectivity index (χ3n) is 2.70. The summed E-state index contributed by atoms with van der Waals surface area (Å²) in [4.78, 5) is 4.17. The molecule has 94 valence electrons. The van der Waals surface area contributed by atoms with E-state index in [-0.39, 0.29) is 6.04 Å². The molecule has 0 bridgehead atoms. The van der Waals surface area contributed by atoms with Gasteiger partial charge >= 0.3 is 0 Å². The van der Waals surface area contributed by atoms with Gasteiger partial charge in [-0.1, -0.05) is 6.07 Å². The summed E-state index contributed by atoms with van der Waals surface area (Å²) in [6, 6.07) is 9.03. The van der Waals surface area contributed by atoms with E-state index < -0.39 is 11.6 Å². The fourth-order valence-electron chi connectivity index (χ4n) is 1.70. The van der Waals surface area contributed by atoms with Crippen LogP contribution in [-0.4, -0.2) is 4.98 Å². The van der Waals surface area contributed by atoms with Crippen LogP contribution in [0.5, 0.6) is 0 Å². The van der Waals surface area contributed by atoms with E-state index in [9.17, 15) is 8.78 Å². The Morgan fingerprint density at radius 1 is 1.17 bits per heavy atom. The SMILES string of the molecule is CC(NCc1ccccn1)c1cc(F)cc(F)c1. The molecule has 18 heavy (non-hydrogen) atoms. The molecule has 0 saturated heterocycles. The maximum Gasteiger partial charge on any atom is 0.126 e. The zero-order valence-electron chi connectivity index (χ0n) is 10.0. The lowest BCUT2D eigenvalue weighted by molar-refractivity contribution is 0.542. The van der Waals surface area contributed by atoms with Crippen LogP contribution in [0.3, 0.4) is 0 Å². The predicted molar refractivity (Wildman–Crippen MR) is 65.8 cm³/mol. The molecular formula is C14H14F2N2. The fraction of sp³-hybridized carbons (Fsp3) is 0.214. The van der Waals surface area contributed by atoms with Crippen molar-refractivity contribution >= 4 is 0 Å². The second-order valence-corrected chi connectivity index (χ2v) is 4.13. The molecule has 1 unspecified atom stereocenters. The van der Waals surface area contributed by atoms with Gasteiger partial charge in [0.05, 0.1) is 5.69 Å². The van der Waals surface area contributed by atoms with Crippen LogP contribution < -0.4 is 5.32 Å². The van der Waals surface area contributed by atoms with Gasteiger partial charge in [-0.15, -0.1) is 0 Å². The zero-order chi connectivity index (χ0) is 13.0. The number of aromatic nitrogens is 1. The Hall–Kier alpha value is -1.81. The summed E-state index contributed by atoms with van der Waals surface area (Å²) < 4.78 is 26.1. The van der Waals surface area contributed by atoms with Crippen LogP contribution in [0.15, 0.2) is 42.6 Å². The normalized spacial score (nSPS) is 12.4. The van der Waals surface area contributed by atoms with Crippen molar-refractivity contribution in [2.45, 2.75) is 19.5 Å². The molecule has 0 saturated carbocycles. The first-order chi connectivity index (χ1) is 8.65. The summed E-state index contributed by atoms with van der Waals surface area (Å²) in [5.74, 6) is -1.12. The highest BCUT2D eigenvalue weighted by atomic mass is 19.1. The van der Waals surface area contributed by atoms with E-state index in [1.54, 1.807) is 6.20 Å². The molecule has 0 amide bonds. The maximum atomic E-state index is 13.1.